The monoisotopic (exact) mass is 330 g/mol. The minimum Gasteiger partial charge on any atom is -0.497 e. The van der Waals surface area contributed by atoms with Crippen molar-refractivity contribution in [3.63, 3.8) is 0 Å². The fourth-order valence-corrected chi connectivity index (χ4v) is 2.81. The molecule has 1 N–H and O–H groups in total. The van der Waals surface area contributed by atoms with E-state index in [0.717, 1.165) is 23.0 Å². The van der Waals surface area contributed by atoms with Gasteiger partial charge < -0.3 is 14.6 Å². The first-order valence-corrected chi connectivity index (χ1v) is 7.90. The molecule has 0 saturated carbocycles. The second-order valence-corrected chi connectivity index (χ2v) is 6.71. The number of halogens is 1. The molecule has 0 aliphatic rings. The van der Waals surface area contributed by atoms with Gasteiger partial charge in [-0.3, -0.25) is 0 Å². The van der Waals surface area contributed by atoms with Crippen LogP contribution in [0.5, 0.6) is 5.75 Å². The van der Waals surface area contributed by atoms with Crippen LogP contribution in [0, 0.1) is 11.2 Å². The summed E-state index contributed by atoms with van der Waals surface area (Å²) >= 11 is 0. The predicted octanol–water partition coefficient (Wildman–Crippen LogP) is 4.15. The van der Waals surface area contributed by atoms with E-state index in [1.807, 2.05) is 26.0 Å². The van der Waals surface area contributed by atoms with Crippen LogP contribution in [0.1, 0.15) is 31.4 Å². The Morgan fingerprint density at radius 3 is 2.54 bits per heavy atom. The number of aldehydes is 1. The van der Waals surface area contributed by atoms with E-state index < -0.39 is 0 Å². The van der Waals surface area contributed by atoms with Gasteiger partial charge in [-0.2, -0.15) is 0 Å². The summed E-state index contributed by atoms with van der Waals surface area (Å²) in [6.45, 7) is 3.92. The second kappa shape index (κ2) is 7.58. The summed E-state index contributed by atoms with van der Waals surface area (Å²) in [5.41, 5.74) is 2.62. The number of aliphatic hydroxyl groups is 1. The van der Waals surface area contributed by atoms with Gasteiger partial charge in [0.05, 0.1) is 13.7 Å². The molecule has 0 heterocycles. The quantitative estimate of drug-likeness (QED) is 0.776. The topological polar surface area (TPSA) is 46.5 Å². The number of hydrogen-bond acceptors (Lipinski definition) is 3. The Labute approximate surface area is 142 Å². The van der Waals surface area contributed by atoms with Crippen LogP contribution in [0.4, 0.5) is 4.39 Å². The molecule has 2 rings (SSSR count). The number of benzene rings is 2. The van der Waals surface area contributed by atoms with E-state index in [-0.39, 0.29) is 17.8 Å². The molecule has 0 saturated heterocycles. The average molecular weight is 330 g/mol. The Hall–Kier alpha value is -2.20. The first-order valence-electron chi connectivity index (χ1n) is 7.90. The zero-order valence-electron chi connectivity index (χ0n) is 14.3. The van der Waals surface area contributed by atoms with E-state index in [2.05, 4.69) is 0 Å². The second-order valence-electron chi connectivity index (χ2n) is 6.71. The SMILES string of the molecule is COc1ccc(F)c(-c2ccc(CO)cc2CC(C)(C)CC=O)c1. The Balaban J connectivity index is 2.55. The standard InChI is InChI=1S/C20H23FO3/c1-20(2,8-9-22)12-15-10-14(13-23)4-6-17(15)18-11-16(24-3)5-7-19(18)21/h4-7,9-11,23H,8,12-13H2,1-3H3. The maximum atomic E-state index is 14.4. The summed E-state index contributed by atoms with van der Waals surface area (Å²) in [5.74, 6) is 0.248. The molecule has 2 aromatic rings. The Morgan fingerprint density at radius 2 is 1.92 bits per heavy atom. The molecule has 0 aliphatic carbocycles. The van der Waals surface area contributed by atoms with Crippen molar-refractivity contribution in [1.82, 2.24) is 0 Å². The molecule has 4 heteroatoms. The molecule has 128 valence electrons. The van der Waals surface area contributed by atoms with Gasteiger partial charge in [-0.15, -0.1) is 0 Å². The lowest BCUT2D eigenvalue weighted by Crippen LogP contribution is -2.16. The van der Waals surface area contributed by atoms with Crippen molar-refractivity contribution < 1.29 is 19.0 Å². The van der Waals surface area contributed by atoms with Gasteiger partial charge in [0.2, 0.25) is 0 Å². The highest BCUT2D eigenvalue weighted by molar-refractivity contribution is 5.70. The third-order valence-electron chi connectivity index (χ3n) is 4.12. The van der Waals surface area contributed by atoms with E-state index >= 15 is 0 Å². The van der Waals surface area contributed by atoms with Crippen LogP contribution in [0.3, 0.4) is 0 Å². The van der Waals surface area contributed by atoms with Gasteiger partial charge in [-0.05, 0) is 46.7 Å². The summed E-state index contributed by atoms with van der Waals surface area (Å²) in [4.78, 5) is 10.9. The van der Waals surface area contributed by atoms with Gasteiger partial charge in [0, 0.05) is 12.0 Å². The van der Waals surface area contributed by atoms with Gasteiger partial charge >= 0.3 is 0 Å². The highest BCUT2D eigenvalue weighted by Crippen LogP contribution is 2.35. The van der Waals surface area contributed by atoms with Crippen LogP contribution < -0.4 is 4.74 Å². The third kappa shape index (κ3) is 4.20. The first kappa shape index (κ1) is 18.1. The van der Waals surface area contributed by atoms with Crippen LogP contribution in [0.25, 0.3) is 11.1 Å². The molecule has 2 aromatic carbocycles. The van der Waals surface area contributed by atoms with Crippen molar-refractivity contribution in [1.29, 1.82) is 0 Å². The molecule has 0 bridgehead atoms. The molecular formula is C20H23FO3. The lowest BCUT2D eigenvalue weighted by Gasteiger charge is -2.24. The van der Waals surface area contributed by atoms with Crippen molar-refractivity contribution in [2.24, 2.45) is 5.41 Å². The largest absolute Gasteiger partial charge is 0.497 e. The highest BCUT2D eigenvalue weighted by Gasteiger charge is 2.21. The molecule has 0 radical (unpaired) electrons. The number of methoxy groups -OCH3 is 1. The maximum absolute atomic E-state index is 14.4. The molecule has 0 aliphatic heterocycles. The molecule has 0 unspecified atom stereocenters. The normalized spacial score (nSPS) is 11.4. The molecule has 0 spiro atoms. The lowest BCUT2D eigenvalue weighted by atomic mass is 9.80. The van der Waals surface area contributed by atoms with Gasteiger partial charge in [0.25, 0.3) is 0 Å². The summed E-state index contributed by atoms with van der Waals surface area (Å²) < 4.78 is 19.6. The number of carbonyl (C=O) groups is 1. The first-order chi connectivity index (χ1) is 11.4. The smallest absolute Gasteiger partial charge is 0.131 e. The molecule has 0 atom stereocenters. The van der Waals surface area contributed by atoms with Crippen molar-refractivity contribution in [3.8, 4) is 16.9 Å². The fourth-order valence-electron chi connectivity index (χ4n) is 2.81. The molecule has 3 nitrogen and oxygen atoms in total. The average Bonchev–Trinajstić information content (AvgIpc) is 2.55. The van der Waals surface area contributed by atoms with Crippen LogP contribution in [0.15, 0.2) is 36.4 Å². The van der Waals surface area contributed by atoms with Crippen molar-refractivity contribution in [2.45, 2.75) is 33.3 Å². The summed E-state index contributed by atoms with van der Waals surface area (Å²) in [5, 5.41) is 9.41. The summed E-state index contributed by atoms with van der Waals surface area (Å²) in [6, 6.07) is 10.1. The van der Waals surface area contributed by atoms with Crippen molar-refractivity contribution in [2.75, 3.05) is 7.11 Å². The van der Waals surface area contributed by atoms with Crippen molar-refractivity contribution >= 4 is 6.29 Å². The van der Waals surface area contributed by atoms with E-state index in [9.17, 15) is 14.3 Å². The number of aliphatic hydroxyl groups excluding tert-OH is 1. The maximum Gasteiger partial charge on any atom is 0.131 e. The van der Waals surface area contributed by atoms with Gasteiger partial charge in [0.1, 0.15) is 17.9 Å². The number of rotatable bonds is 7. The number of ether oxygens (including phenoxy) is 1. The number of hydrogen-bond donors (Lipinski definition) is 1. The Bertz CT molecular complexity index is 723. The van der Waals surface area contributed by atoms with Crippen LogP contribution >= 0.6 is 0 Å². The fraction of sp³-hybridized carbons (Fsp3) is 0.350. The van der Waals surface area contributed by atoms with Gasteiger partial charge in [-0.25, -0.2) is 4.39 Å². The molecule has 24 heavy (non-hydrogen) atoms. The third-order valence-corrected chi connectivity index (χ3v) is 4.12. The highest BCUT2D eigenvalue weighted by atomic mass is 19.1. The Morgan fingerprint density at radius 1 is 1.17 bits per heavy atom. The van der Waals surface area contributed by atoms with E-state index in [1.165, 1.54) is 6.07 Å². The van der Waals surface area contributed by atoms with Crippen molar-refractivity contribution in [3.05, 3.63) is 53.3 Å². The van der Waals surface area contributed by atoms with Gasteiger partial charge in [-0.1, -0.05) is 32.0 Å². The van der Waals surface area contributed by atoms with Gasteiger partial charge in [0.15, 0.2) is 0 Å². The van der Waals surface area contributed by atoms with Crippen LogP contribution in [-0.2, 0) is 17.8 Å². The zero-order chi connectivity index (χ0) is 17.7. The molecule has 0 fully saturated rings. The predicted molar refractivity (Wildman–Crippen MR) is 92.5 cm³/mol. The lowest BCUT2D eigenvalue weighted by molar-refractivity contribution is -0.109. The Kier molecular flexibility index (Phi) is 5.73. The molecule has 0 aromatic heterocycles. The molecule has 0 amide bonds. The summed E-state index contributed by atoms with van der Waals surface area (Å²) in [6.07, 6.45) is 1.92. The zero-order valence-corrected chi connectivity index (χ0v) is 14.3. The van der Waals surface area contributed by atoms with E-state index in [0.29, 0.717) is 24.2 Å². The minimum atomic E-state index is -0.331. The van der Waals surface area contributed by atoms with Crippen LogP contribution in [0.2, 0.25) is 0 Å². The van der Waals surface area contributed by atoms with E-state index in [4.69, 9.17) is 4.74 Å². The number of carbonyl (C=O) groups excluding carboxylic acids is 1. The van der Waals surface area contributed by atoms with Crippen LogP contribution in [-0.4, -0.2) is 18.5 Å². The molecular weight excluding hydrogens is 307 g/mol. The van der Waals surface area contributed by atoms with E-state index in [1.54, 1.807) is 25.3 Å². The minimum absolute atomic E-state index is 0.0814. The summed E-state index contributed by atoms with van der Waals surface area (Å²) in [7, 11) is 1.54.